The van der Waals surface area contributed by atoms with Crippen LogP contribution in [0.4, 0.5) is 0 Å². The van der Waals surface area contributed by atoms with Crippen LogP contribution in [-0.2, 0) is 6.54 Å². The minimum absolute atomic E-state index is 0.0749. The highest BCUT2D eigenvalue weighted by Crippen LogP contribution is 2.09. The molecule has 0 radical (unpaired) electrons. The zero-order valence-corrected chi connectivity index (χ0v) is 9.10. The Hall–Kier alpha value is -2.29. The van der Waals surface area contributed by atoms with E-state index in [9.17, 15) is 9.59 Å². The number of aromatic nitrogens is 3. The standard InChI is InChI=1S/C8H6N4O4S/c13-6(9-1-5-10-3-16-12-5)7-11-4(2-17-7)8(14)15/h2-3H,1H2,(H,9,13)(H,14,15). The summed E-state index contributed by atoms with van der Waals surface area (Å²) in [7, 11) is 0. The molecule has 88 valence electrons. The molecule has 2 rings (SSSR count). The molecule has 8 nitrogen and oxygen atoms in total. The first-order valence-corrected chi connectivity index (χ1v) is 5.27. The van der Waals surface area contributed by atoms with Gasteiger partial charge in [0.2, 0.25) is 6.39 Å². The number of carbonyl (C=O) groups is 2. The topological polar surface area (TPSA) is 118 Å². The number of amides is 1. The van der Waals surface area contributed by atoms with Gasteiger partial charge in [-0.25, -0.2) is 9.78 Å². The summed E-state index contributed by atoms with van der Waals surface area (Å²) in [5, 5.41) is 16.0. The molecule has 1 amide bonds. The third kappa shape index (κ3) is 2.64. The third-order valence-corrected chi connectivity index (χ3v) is 2.57. The SMILES string of the molecule is O=C(O)c1csc(C(=O)NCc2ncon2)n1. The molecule has 9 heteroatoms. The van der Waals surface area contributed by atoms with Crippen LogP contribution < -0.4 is 5.32 Å². The molecular weight excluding hydrogens is 248 g/mol. The molecule has 0 aliphatic carbocycles. The van der Waals surface area contributed by atoms with Crippen molar-refractivity contribution in [3.05, 3.63) is 28.3 Å². The van der Waals surface area contributed by atoms with Crippen molar-refractivity contribution in [3.63, 3.8) is 0 Å². The number of thiazole rings is 1. The highest BCUT2D eigenvalue weighted by atomic mass is 32.1. The van der Waals surface area contributed by atoms with Crippen molar-refractivity contribution >= 4 is 23.2 Å². The van der Waals surface area contributed by atoms with E-state index in [1.165, 1.54) is 5.38 Å². The minimum atomic E-state index is -1.17. The van der Waals surface area contributed by atoms with Gasteiger partial charge in [-0.05, 0) is 0 Å². The van der Waals surface area contributed by atoms with Crippen molar-refractivity contribution in [1.29, 1.82) is 0 Å². The van der Waals surface area contributed by atoms with Crippen LogP contribution in [0.15, 0.2) is 16.3 Å². The molecule has 0 aliphatic rings. The molecule has 2 N–H and O–H groups in total. The van der Waals surface area contributed by atoms with Crippen LogP contribution in [0.3, 0.4) is 0 Å². The summed E-state index contributed by atoms with van der Waals surface area (Å²) in [6.45, 7) is 0.0946. The van der Waals surface area contributed by atoms with E-state index in [0.29, 0.717) is 5.82 Å². The van der Waals surface area contributed by atoms with Crippen LogP contribution in [-0.4, -0.2) is 32.1 Å². The van der Waals surface area contributed by atoms with Gasteiger partial charge < -0.3 is 14.9 Å². The van der Waals surface area contributed by atoms with E-state index < -0.39 is 11.9 Å². The molecule has 0 unspecified atom stereocenters. The molecule has 0 saturated heterocycles. The van der Waals surface area contributed by atoms with Gasteiger partial charge in [0.05, 0.1) is 6.54 Å². The Morgan fingerprint density at radius 1 is 1.53 bits per heavy atom. The van der Waals surface area contributed by atoms with Crippen molar-refractivity contribution in [2.75, 3.05) is 0 Å². The molecule has 0 spiro atoms. The fourth-order valence-corrected chi connectivity index (χ4v) is 1.69. The van der Waals surface area contributed by atoms with E-state index in [-0.39, 0.29) is 17.2 Å². The first-order chi connectivity index (χ1) is 8.16. The van der Waals surface area contributed by atoms with Crippen LogP contribution in [0.2, 0.25) is 0 Å². The highest BCUT2D eigenvalue weighted by molar-refractivity contribution is 7.11. The van der Waals surface area contributed by atoms with Crippen molar-refractivity contribution in [3.8, 4) is 0 Å². The average molecular weight is 254 g/mol. The minimum Gasteiger partial charge on any atom is -0.476 e. The monoisotopic (exact) mass is 254 g/mol. The number of rotatable bonds is 4. The van der Waals surface area contributed by atoms with Gasteiger partial charge in [-0.15, -0.1) is 11.3 Å². The molecule has 0 bridgehead atoms. The molecule has 2 aromatic rings. The Morgan fingerprint density at radius 2 is 2.35 bits per heavy atom. The van der Waals surface area contributed by atoms with Gasteiger partial charge in [0, 0.05) is 5.38 Å². The Morgan fingerprint density at radius 3 is 2.94 bits per heavy atom. The van der Waals surface area contributed by atoms with E-state index >= 15 is 0 Å². The summed E-state index contributed by atoms with van der Waals surface area (Å²) < 4.78 is 4.48. The summed E-state index contributed by atoms with van der Waals surface area (Å²) in [6, 6.07) is 0. The molecule has 0 aliphatic heterocycles. The van der Waals surface area contributed by atoms with Gasteiger partial charge in [-0.2, -0.15) is 4.98 Å². The van der Waals surface area contributed by atoms with Crippen LogP contribution >= 0.6 is 11.3 Å². The maximum absolute atomic E-state index is 11.5. The maximum atomic E-state index is 11.5. The van der Waals surface area contributed by atoms with Crippen LogP contribution in [0, 0.1) is 0 Å². The van der Waals surface area contributed by atoms with E-state index in [4.69, 9.17) is 5.11 Å². The second kappa shape index (κ2) is 4.70. The molecule has 2 heterocycles. The summed E-state index contributed by atoms with van der Waals surface area (Å²) in [5.41, 5.74) is -0.153. The second-order valence-corrected chi connectivity index (χ2v) is 3.73. The Bertz CT molecular complexity index is 535. The number of aromatic carboxylic acids is 1. The molecule has 2 aromatic heterocycles. The molecular formula is C8H6N4O4S. The highest BCUT2D eigenvalue weighted by Gasteiger charge is 2.14. The summed E-state index contributed by atoms with van der Waals surface area (Å²) >= 11 is 0.955. The first kappa shape index (κ1) is 11.2. The van der Waals surface area contributed by atoms with Crippen LogP contribution in [0.1, 0.15) is 26.1 Å². The largest absolute Gasteiger partial charge is 0.476 e. The normalized spacial score (nSPS) is 10.1. The number of carboxylic acids is 1. The van der Waals surface area contributed by atoms with Crippen LogP contribution in [0.25, 0.3) is 0 Å². The first-order valence-electron chi connectivity index (χ1n) is 4.39. The summed E-state index contributed by atoms with van der Waals surface area (Å²) in [4.78, 5) is 29.5. The molecule has 0 saturated carbocycles. The second-order valence-electron chi connectivity index (χ2n) is 2.87. The number of nitrogens with zero attached hydrogens (tertiary/aromatic N) is 3. The lowest BCUT2D eigenvalue weighted by Crippen LogP contribution is -2.23. The zero-order chi connectivity index (χ0) is 12.3. The fourth-order valence-electron chi connectivity index (χ4n) is 0.982. The summed E-state index contributed by atoms with van der Waals surface area (Å²) in [6.07, 6.45) is 1.15. The quantitative estimate of drug-likeness (QED) is 0.797. The predicted molar refractivity (Wildman–Crippen MR) is 54.5 cm³/mol. The van der Waals surface area contributed by atoms with E-state index in [1.807, 2.05) is 0 Å². The molecule has 0 aromatic carbocycles. The number of hydrogen-bond acceptors (Lipinski definition) is 7. The van der Waals surface area contributed by atoms with Gasteiger partial charge in [0.15, 0.2) is 16.5 Å². The van der Waals surface area contributed by atoms with E-state index in [2.05, 4.69) is 25.0 Å². The average Bonchev–Trinajstić information content (AvgIpc) is 2.96. The maximum Gasteiger partial charge on any atom is 0.355 e. The number of nitrogens with one attached hydrogen (secondary N) is 1. The van der Waals surface area contributed by atoms with Crippen molar-refractivity contribution in [2.24, 2.45) is 0 Å². The lowest BCUT2D eigenvalue weighted by atomic mass is 10.5. The van der Waals surface area contributed by atoms with Gasteiger partial charge >= 0.3 is 5.97 Å². The van der Waals surface area contributed by atoms with Crippen molar-refractivity contribution in [1.82, 2.24) is 20.4 Å². The van der Waals surface area contributed by atoms with Gasteiger partial charge in [0.25, 0.3) is 5.91 Å². The molecule has 0 atom stereocenters. The number of carboxylic acid groups (broad SMARTS) is 1. The smallest absolute Gasteiger partial charge is 0.355 e. The van der Waals surface area contributed by atoms with Crippen molar-refractivity contribution < 1.29 is 19.2 Å². The van der Waals surface area contributed by atoms with Gasteiger partial charge in [-0.3, -0.25) is 4.79 Å². The predicted octanol–water partition coefficient (Wildman–Crippen LogP) is 0.154. The lowest BCUT2D eigenvalue weighted by Gasteiger charge is -1.97. The Labute approximate surface area is 98.3 Å². The van der Waals surface area contributed by atoms with Gasteiger partial charge in [0.1, 0.15) is 0 Å². The number of carbonyl (C=O) groups excluding carboxylic acids is 1. The summed E-state index contributed by atoms with van der Waals surface area (Å²) in [5.74, 6) is -1.32. The Kier molecular flexibility index (Phi) is 3.10. The van der Waals surface area contributed by atoms with E-state index in [1.54, 1.807) is 0 Å². The van der Waals surface area contributed by atoms with E-state index in [0.717, 1.165) is 17.7 Å². The van der Waals surface area contributed by atoms with Crippen molar-refractivity contribution in [2.45, 2.75) is 6.54 Å². The number of hydrogen-bond donors (Lipinski definition) is 2. The Balaban J connectivity index is 1.97. The zero-order valence-electron chi connectivity index (χ0n) is 8.28. The lowest BCUT2D eigenvalue weighted by molar-refractivity contribution is 0.0691. The fraction of sp³-hybridized carbons (Fsp3) is 0.125. The third-order valence-electron chi connectivity index (χ3n) is 1.73. The molecule has 17 heavy (non-hydrogen) atoms. The van der Waals surface area contributed by atoms with Gasteiger partial charge in [-0.1, -0.05) is 5.16 Å². The van der Waals surface area contributed by atoms with Crippen LogP contribution in [0.5, 0.6) is 0 Å². The molecule has 0 fully saturated rings.